The van der Waals surface area contributed by atoms with Gasteiger partial charge < -0.3 is 5.73 Å². The Labute approximate surface area is 52.3 Å². The summed E-state index contributed by atoms with van der Waals surface area (Å²) in [7, 11) is 0. The van der Waals surface area contributed by atoms with Crippen LogP contribution >= 0.6 is 0 Å². The Balaban J connectivity index is 3.29. The smallest absolute Gasteiger partial charge is 0.00618 e. The van der Waals surface area contributed by atoms with E-state index in [1.807, 2.05) is 0 Å². The molecule has 0 aromatic rings. The van der Waals surface area contributed by atoms with Gasteiger partial charge in [-0.05, 0) is 12.3 Å². The van der Waals surface area contributed by atoms with E-state index < -0.39 is 0 Å². The van der Waals surface area contributed by atoms with Crippen molar-refractivity contribution in [3.05, 3.63) is 0 Å². The quantitative estimate of drug-likeness (QED) is 0.596. The summed E-state index contributed by atoms with van der Waals surface area (Å²) in [5, 5.41) is 0. The molecule has 0 saturated heterocycles. The molecule has 0 amide bonds. The van der Waals surface area contributed by atoms with Gasteiger partial charge in [0.15, 0.2) is 0 Å². The first-order chi connectivity index (χ1) is 3.72. The Bertz CT molecular complexity index is 44.3. The van der Waals surface area contributed by atoms with Crippen molar-refractivity contribution in [2.45, 2.75) is 39.7 Å². The molecular weight excluding hydrogens is 98.1 g/mol. The van der Waals surface area contributed by atoms with E-state index in [0.29, 0.717) is 12.0 Å². The first-order valence-corrected chi connectivity index (χ1v) is 3.47. The van der Waals surface area contributed by atoms with Gasteiger partial charge in [0.05, 0.1) is 0 Å². The van der Waals surface area contributed by atoms with Crippen LogP contribution < -0.4 is 5.73 Å². The third-order valence-corrected chi connectivity index (χ3v) is 1.85. The third kappa shape index (κ3) is 2.31. The summed E-state index contributed by atoms with van der Waals surface area (Å²) < 4.78 is 0. The second-order valence-electron chi connectivity index (χ2n) is 2.46. The molecule has 0 aromatic heterocycles. The zero-order chi connectivity index (χ0) is 6.57. The predicted octanol–water partition coefficient (Wildman–Crippen LogP) is 1.77. The van der Waals surface area contributed by atoms with E-state index in [4.69, 9.17) is 5.73 Å². The second-order valence-corrected chi connectivity index (χ2v) is 2.46. The van der Waals surface area contributed by atoms with Gasteiger partial charge in [-0.2, -0.15) is 0 Å². The van der Waals surface area contributed by atoms with Crippen molar-refractivity contribution in [3.63, 3.8) is 0 Å². The largest absolute Gasteiger partial charge is 0.327 e. The highest BCUT2D eigenvalue weighted by Gasteiger charge is 2.05. The van der Waals surface area contributed by atoms with Crippen LogP contribution in [0.3, 0.4) is 0 Å². The van der Waals surface area contributed by atoms with Crippen molar-refractivity contribution < 1.29 is 0 Å². The lowest BCUT2D eigenvalue weighted by atomic mass is 9.98. The van der Waals surface area contributed by atoms with Gasteiger partial charge >= 0.3 is 0 Å². The molecule has 2 N–H and O–H groups in total. The Morgan fingerprint density at radius 3 is 1.88 bits per heavy atom. The molecule has 2 unspecified atom stereocenters. The van der Waals surface area contributed by atoms with E-state index in [-0.39, 0.29) is 0 Å². The molecule has 50 valence electrons. The molecule has 0 saturated carbocycles. The van der Waals surface area contributed by atoms with Crippen LogP contribution in [-0.4, -0.2) is 6.04 Å². The lowest BCUT2D eigenvalue weighted by molar-refractivity contribution is 0.432. The molecule has 0 fully saturated rings. The summed E-state index contributed by atoms with van der Waals surface area (Å²) in [6.07, 6.45) is 2.31. The molecule has 0 aliphatic carbocycles. The van der Waals surface area contributed by atoms with Crippen LogP contribution in [0.4, 0.5) is 0 Å². The van der Waals surface area contributed by atoms with E-state index in [1.165, 1.54) is 6.42 Å². The molecule has 0 aromatic carbocycles. The van der Waals surface area contributed by atoms with Crippen molar-refractivity contribution in [1.82, 2.24) is 0 Å². The van der Waals surface area contributed by atoms with Crippen molar-refractivity contribution in [3.8, 4) is 0 Å². The zero-order valence-corrected chi connectivity index (χ0v) is 6.15. The molecule has 0 bridgehead atoms. The monoisotopic (exact) mass is 115 g/mol. The maximum absolute atomic E-state index is 5.73. The maximum Gasteiger partial charge on any atom is 0.00618 e. The predicted molar refractivity (Wildman–Crippen MR) is 37.7 cm³/mol. The van der Waals surface area contributed by atoms with E-state index in [9.17, 15) is 0 Å². The number of hydrogen-bond acceptors (Lipinski definition) is 1. The average Bonchev–Trinajstić information content (AvgIpc) is 1.84. The Kier molecular flexibility index (Phi) is 3.88. The fraction of sp³-hybridized carbons (Fsp3) is 1.00. The molecule has 0 spiro atoms. The minimum Gasteiger partial charge on any atom is -0.327 e. The van der Waals surface area contributed by atoms with Gasteiger partial charge in [0.1, 0.15) is 0 Å². The van der Waals surface area contributed by atoms with Gasteiger partial charge in [-0.1, -0.05) is 27.2 Å². The van der Waals surface area contributed by atoms with Crippen LogP contribution in [0.25, 0.3) is 0 Å². The van der Waals surface area contributed by atoms with Gasteiger partial charge in [0, 0.05) is 6.04 Å². The second kappa shape index (κ2) is 3.90. The van der Waals surface area contributed by atoms with Crippen molar-refractivity contribution in [1.29, 1.82) is 0 Å². The third-order valence-electron chi connectivity index (χ3n) is 1.85. The Morgan fingerprint density at radius 2 is 1.75 bits per heavy atom. The first kappa shape index (κ1) is 7.96. The van der Waals surface area contributed by atoms with E-state index >= 15 is 0 Å². The summed E-state index contributed by atoms with van der Waals surface area (Å²) in [6.45, 7) is 6.52. The summed E-state index contributed by atoms with van der Waals surface area (Å²) in [6, 6.07) is 0.417. The number of hydrogen-bond donors (Lipinski definition) is 1. The topological polar surface area (TPSA) is 26.0 Å². The lowest BCUT2D eigenvalue weighted by Gasteiger charge is -2.14. The van der Waals surface area contributed by atoms with Crippen LogP contribution in [0.2, 0.25) is 0 Å². The van der Waals surface area contributed by atoms with Gasteiger partial charge in [-0.25, -0.2) is 0 Å². The van der Waals surface area contributed by atoms with E-state index in [0.717, 1.165) is 6.42 Å². The van der Waals surface area contributed by atoms with Crippen molar-refractivity contribution in [2.75, 3.05) is 0 Å². The lowest BCUT2D eigenvalue weighted by Crippen LogP contribution is -2.26. The molecule has 0 heterocycles. The first-order valence-electron chi connectivity index (χ1n) is 3.47. The van der Waals surface area contributed by atoms with Gasteiger partial charge in [0.2, 0.25) is 0 Å². The highest BCUT2D eigenvalue weighted by molar-refractivity contribution is 4.64. The van der Waals surface area contributed by atoms with Gasteiger partial charge in [-0.15, -0.1) is 0 Å². The van der Waals surface area contributed by atoms with Gasteiger partial charge in [0.25, 0.3) is 0 Å². The molecule has 0 aliphatic heterocycles. The molecule has 0 radical (unpaired) electrons. The fourth-order valence-electron chi connectivity index (χ4n) is 0.705. The fourth-order valence-corrected chi connectivity index (χ4v) is 0.705. The summed E-state index contributed by atoms with van der Waals surface area (Å²) in [5.74, 6) is 0.694. The van der Waals surface area contributed by atoms with Crippen LogP contribution in [-0.2, 0) is 0 Å². The highest BCUT2D eigenvalue weighted by Crippen LogP contribution is 2.06. The molecule has 0 aliphatic rings. The van der Waals surface area contributed by atoms with E-state index in [2.05, 4.69) is 20.8 Å². The average molecular weight is 115 g/mol. The SMILES string of the molecule is CCC(C)C(N)CC. The highest BCUT2D eigenvalue weighted by atomic mass is 14.6. The normalized spacial score (nSPS) is 18.0. The molecule has 2 atom stereocenters. The Morgan fingerprint density at radius 1 is 1.25 bits per heavy atom. The summed E-state index contributed by atoms with van der Waals surface area (Å²) >= 11 is 0. The summed E-state index contributed by atoms with van der Waals surface area (Å²) in [4.78, 5) is 0. The van der Waals surface area contributed by atoms with Crippen molar-refractivity contribution in [2.24, 2.45) is 11.7 Å². The van der Waals surface area contributed by atoms with Crippen LogP contribution in [0.5, 0.6) is 0 Å². The standard InChI is InChI=1S/C7H17N/c1-4-6(3)7(8)5-2/h6-7H,4-5,8H2,1-3H3. The van der Waals surface area contributed by atoms with E-state index in [1.54, 1.807) is 0 Å². The number of rotatable bonds is 3. The van der Waals surface area contributed by atoms with Crippen LogP contribution in [0.1, 0.15) is 33.6 Å². The molecule has 8 heavy (non-hydrogen) atoms. The molecular formula is C7H17N. The molecule has 0 rings (SSSR count). The maximum atomic E-state index is 5.73. The minimum atomic E-state index is 0.417. The Hall–Kier alpha value is -0.0400. The molecule has 1 heteroatoms. The summed E-state index contributed by atoms with van der Waals surface area (Å²) in [5.41, 5.74) is 5.73. The van der Waals surface area contributed by atoms with Crippen LogP contribution in [0.15, 0.2) is 0 Å². The number of nitrogens with two attached hydrogens (primary N) is 1. The van der Waals surface area contributed by atoms with Gasteiger partial charge in [-0.3, -0.25) is 0 Å². The molecule has 1 nitrogen and oxygen atoms in total. The zero-order valence-electron chi connectivity index (χ0n) is 6.15. The minimum absolute atomic E-state index is 0.417. The van der Waals surface area contributed by atoms with Crippen LogP contribution in [0, 0.1) is 5.92 Å². The van der Waals surface area contributed by atoms with Crippen molar-refractivity contribution >= 4 is 0 Å².